The average molecular weight is 799 g/mol. The van der Waals surface area contributed by atoms with E-state index in [4.69, 9.17) is 49.3 Å². The van der Waals surface area contributed by atoms with Crippen molar-refractivity contribution in [3.8, 4) is 5.75 Å². The number of aryl methyl sites for hydroxylation is 1. The number of ether oxygens (including phenoxy) is 2. The number of aromatic nitrogens is 1. The number of rotatable bonds is 11. The molecule has 2 saturated heterocycles. The fourth-order valence-corrected chi connectivity index (χ4v) is 8.11. The van der Waals surface area contributed by atoms with Crippen LogP contribution in [0.25, 0.3) is 0 Å². The topological polar surface area (TPSA) is 104 Å². The Morgan fingerprint density at radius 3 is 2.33 bits per heavy atom. The lowest BCUT2D eigenvalue weighted by Crippen LogP contribution is -2.51. The fourth-order valence-electron chi connectivity index (χ4n) is 7.25. The van der Waals surface area contributed by atoms with Crippen LogP contribution in [0.15, 0.2) is 48.7 Å². The summed E-state index contributed by atoms with van der Waals surface area (Å²) in [5, 5.41) is 4.47. The number of carbonyl (C=O) groups excluding carboxylic acids is 3. The summed E-state index contributed by atoms with van der Waals surface area (Å²) in [7, 11) is 0. The lowest BCUT2D eigenvalue weighted by atomic mass is 9.80. The molecule has 0 radical (unpaired) electrons. The van der Waals surface area contributed by atoms with Crippen LogP contribution in [-0.2, 0) is 27.4 Å². The smallest absolute Gasteiger partial charge is 0.410 e. The van der Waals surface area contributed by atoms with Gasteiger partial charge in [-0.2, -0.15) is 0 Å². The summed E-state index contributed by atoms with van der Waals surface area (Å²) < 4.78 is 12.0. The number of carbonyl (C=O) groups is 3. The molecule has 290 valence electrons. The van der Waals surface area contributed by atoms with Crippen molar-refractivity contribution in [2.45, 2.75) is 103 Å². The highest BCUT2D eigenvalue weighted by Gasteiger charge is 2.43. The van der Waals surface area contributed by atoms with Crippen LogP contribution >= 0.6 is 34.8 Å². The Morgan fingerprint density at radius 2 is 1.69 bits per heavy atom. The third-order valence-electron chi connectivity index (χ3n) is 10.2. The second-order valence-electron chi connectivity index (χ2n) is 15.7. The molecule has 10 nitrogen and oxygen atoms in total. The Morgan fingerprint density at radius 1 is 0.944 bits per heavy atom. The van der Waals surface area contributed by atoms with Crippen molar-refractivity contribution in [2.24, 2.45) is 5.92 Å². The largest absolute Gasteiger partial charge is 0.485 e. The predicted molar refractivity (Wildman–Crippen MR) is 212 cm³/mol. The number of pyridine rings is 1. The molecule has 2 aliphatic heterocycles. The zero-order valence-corrected chi connectivity index (χ0v) is 33.9. The van der Waals surface area contributed by atoms with Crippen molar-refractivity contribution in [3.05, 3.63) is 86.0 Å². The average Bonchev–Trinajstić information content (AvgIpc) is 3.87. The molecule has 2 aromatic carbocycles. The van der Waals surface area contributed by atoms with E-state index in [2.05, 4.69) is 16.3 Å². The molecule has 6 rings (SSSR count). The van der Waals surface area contributed by atoms with Crippen molar-refractivity contribution < 1.29 is 23.9 Å². The monoisotopic (exact) mass is 797 g/mol. The molecule has 1 saturated carbocycles. The highest BCUT2D eigenvalue weighted by atomic mass is 35.5. The minimum Gasteiger partial charge on any atom is -0.485 e. The molecule has 1 N–H and O–H groups in total. The first-order valence-electron chi connectivity index (χ1n) is 18.8. The second kappa shape index (κ2) is 17.0. The van der Waals surface area contributed by atoms with Gasteiger partial charge < -0.3 is 29.5 Å². The number of anilines is 1. The van der Waals surface area contributed by atoms with Gasteiger partial charge in [-0.3, -0.25) is 9.59 Å². The van der Waals surface area contributed by atoms with Gasteiger partial charge in [-0.1, -0.05) is 59.9 Å². The normalized spacial score (nSPS) is 20.1. The van der Waals surface area contributed by atoms with Crippen molar-refractivity contribution >= 4 is 58.5 Å². The Kier molecular flexibility index (Phi) is 12.5. The zero-order chi connectivity index (χ0) is 38.7. The van der Waals surface area contributed by atoms with E-state index in [1.54, 1.807) is 4.90 Å². The molecule has 3 heterocycles. The Labute approximate surface area is 333 Å². The van der Waals surface area contributed by atoms with Crippen molar-refractivity contribution in [1.29, 1.82) is 0 Å². The van der Waals surface area contributed by atoms with E-state index in [9.17, 15) is 14.4 Å². The molecule has 0 unspecified atom stereocenters. The SMILES string of the molecule is CCC(=O)NCc1ccc(Cl)c(CN(C(=O)[C@@H]2CN(C(=O)OC(C)(C)C)CC[C@H]2c2ccc(N3CC[C@H](Oc4c(Cl)cc(C)cc4Cl)C3)nc2)C2CC2)c1. The van der Waals surface area contributed by atoms with Crippen LogP contribution in [0, 0.1) is 12.8 Å². The summed E-state index contributed by atoms with van der Waals surface area (Å²) in [6, 6.07) is 13.5. The van der Waals surface area contributed by atoms with Gasteiger partial charge >= 0.3 is 6.09 Å². The van der Waals surface area contributed by atoms with E-state index in [1.807, 2.05) is 82.1 Å². The maximum absolute atomic E-state index is 14.8. The van der Waals surface area contributed by atoms with Gasteiger partial charge in [0.05, 0.1) is 22.5 Å². The van der Waals surface area contributed by atoms with Crippen LogP contribution in [0.3, 0.4) is 0 Å². The van der Waals surface area contributed by atoms with Gasteiger partial charge in [-0.15, -0.1) is 0 Å². The first kappa shape index (κ1) is 39.9. The number of benzene rings is 2. The lowest BCUT2D eigenvalue weighted by molar-refractivity contribution is -0.139. The van der Waals surface area contributed by atoms with E-state index in [1.165, 1.54) is 0 Å². The Hall–Kier alpha value is -3.73. The van der Waals surface area contributed by atoms with Gasteiger partial charge in [0.15, 0.2) is 5.75 Å². The number of hydrogen-bond donors (Lipinski definition) is 1. The molecule has 1 aliphatic carbocycles. The summed E-state index contributed by atoms with van der Waals surface area (Å²) in [5.41, 5.74) is 3.00. The van der Waals surface area contributed by atoms with E-state index >= 15 is 0 Å². The van der Waals surface area contributed by atoms with Crippen molar-refractivity contribution in [1.82, 2.24) is 20.1 Å². The summed E-state index contributed by atoms with van der Waals surface area (Å²) in [6.45, 7) is 12.1. The van der Waals surface area contributed by atoms with Crippen LogP contribution < -0.4 is 15.0 Å². The van der Waals surface area contributed by atoms with Crippen molar-refractivity contribution in [2.75, 3.05) is 31.1 Å². The lowest BCUT2D eigenvalue weighted by Gasteiger charge is -2.40. The third kappa shape index (κ3) is 9.92. The van der Waals surface area contributed by atoms with Crippen LogP contribution in [0.2, 0.25) is 15.1 Å². The van der Waals surface area contributed by atoms with Gasteiger partial charge in [0.1, 0.15) is 17.5 Å². The van der Waals surface area contributed by atoms with E-state index in [0.29, 0.717) is 59.8 Å². The molecule has 54 heavy (non-hydrogen) atoms. The Bertz CT molecular complexity index is 1820. The van der Waals surface area contributed by atoms with Gasteiger partial charge in [0, 0.05) is 68.7 Å². The minimum atomic E-state index is -0.663. The molecule has 3 fully saturated rings. The minimum absolute atomic E-state index is 0.0199. The van der Waals surface area contributed by atoms with E-state index in [0.717, 1.165) is 53.9 Å². The quantitative estimate of drug-likeness (QED) is 0.207. The van der Waals surface area contributed by atoms with Crippen LogP contribution in [0.5, 0.6) is 5.75 Å². The van der Waals surface area contributed by atoms with Crippen LogP contribution in [0.1, 0.15) is 88.0 Å². The summed E-state index contributed by atoms with van der Waals surface area (Å²) >= 11 is 19.6. The summed E-state index contributed by atoms with van der Waals surface area (Å²) in [5.74, 6) is 0.597. The maximum atomic E-state index is 14.8. The number of halogens is 3. The zero-order valence-electron chi connectivity index (χ0n) is 31.7. The van der Waals surface area contributed by atoms with Gasteiger partial charge in [-0.05, 0) is 93.5 Å². The molecular formula is C41H50Cl3N5O5. The van der Waals surface area contributed by atoms with Gasteiger partial charge in [0.25, 0.3) is 0 Å². The number of piperidine rings is 1. The Balaban J connectivity index is 1.20. The second-order valence-corrected chi connectivity index (χ2v) is 16.9. The summed E-state index contributed by atoms with van der Waals surface area (Å²) in [6.07, 6.45) is 4.94. The van der Waals surface area contributed by atoms with E-state index in [-0.39, 0.29) is 36.4 Å². The van der Waals surface area contributed by atoms with Crippen LogP contribution in [-0.4, -0.2) is 76.6 Å². The number of likely N-dealkylation sites (tertiary alicyclic amines) is 1. The maximum Gasteiger partial charge on any atom is 0.410 e. The highest BCUT2D eigenvalue weighted by molar-refractivity contribution is 6.37. The van der Waals surface area contributed by atoms with Crippen molar-refractivity contribution in [3.63, 3.8) is 0 Å². The first-order chi connectivity index (χ1) is 25.7. The molecule has 1 aromatic heterocycles. The summed E-state index contributed by atoms with van der Waals surface area (Å²) in [4.78, 5) is 50.7. The molecule has 13 heteroatoms. The molecule has 0 spiro atoms. The molecular weight excluding hydrogens is 749 g/mol. The highest BCUT2D eigenvalue weighted by Crippen LogP contribution is 2.40. The number of amides is 3. The third-order valence-corrected chi connectivity index (χ3v) is 11.1. The van der Waals surface area contributed by atoms with Gasteiger partial charge in [-0.25, -0.2) is 9.78 Å². The molecule has 3 amide bonds. The standard InChI is InChI=1S/C41H50Cl3N5O5/c1-6-37(50)46-20-26-7-11-33(42)28(19-26)22-49(29-9-10-29)39(51)32-24-48(40(52)54-41(3,4)5)16-14-31(32)27-8-12-36(45-21-27)47-15-13-30(23-47)53-38-34(43)17-25(2)18-35(38)44/h7-8,11-12,17-19,21,29-32H,6,9-10,13-16,20,22-24H2,1-5H3,(H,46,50)/t30-,31-,32+/m0/s1. The molecule has 3 aliphatic rings. The molecule has 3 aromatic rings. The first-order valence-corrected chi connectivity index (χ1v) is 20.0. The molecule has 0 bridgehead atoms. The molecule has 3 atom stereocenters. The number of hydrogen-bond acceptors (Lipinski definition) is 7. The van der Waals surface area contributed by atoms with Gasteiger partial charge in [0.2, 0.25) is 11.8 Å². The number of nitrogens with one attached hydrogen (secondary N) is 1. The van der Waals surface area contributed by atoms with E-state index < -0.39 is 17.6 Å². The fraction of sp³-hybridized carbons (Fsp3) is 0.512. The van der Waals surface area contributed by atoms with Crippen LogP contribution in [0.4, 0.5) is 10.6 Å². The predicted octanol–water partition coefficient (Wildman–Crippen LogP) is 8.57. The number of nitrogens with zero attached hydrogens (tertiary/aromatic N) is 4.